The van der Waals surface area contributed by atoms with Crippen molar-refractivity contribution in [1.29, 1.82) is 0 Å². The minimum atomic E-state index is 0.191. The normalized spacial score (nSPS) is 10.1. The first-order valence-electron chi connectivity index (χ1n) is 5.28. The molecule has 98 valence electrons. The zero-order chi connectivity index (χ0) is 13.8. The highest BCUT2D eigenvalue weighted by Gasteiger charge is 2.13. The van der Waals surface area contributed by atoms with Crippen LogP contribution in [0.15, 0.2) is 21.7 Å². The van der Waals surface area contributed by atoms with Crippen molar-refractivity contribution in [3.8, 4) is 11.8 Å². The average molecular weight is 324 g/mol. The SMILES string of the molecule is COc1nc2cc(Br)cc(CN=[N+]=[N-])c2nc1OC. The van der Waals surface area contributed by atoms with Gasteiger partial charge < -0.3 is 9.47 Å². The van der Waals surface area contributed by atoms with Gasteiger partial charge in [-0.3, -0.25) is 0 Å². The predicted octanol–water partition coefficient (Wildman–Crippen LogP) is 3.22. The van der Waals surface area contributed by atoms with Gasteiger partial charge in [-0.05, 0) is 23.2 Å². The lowest BCUT2D eigenvalue weighted by Crippen LogP contribution is -1.99. The number of hydrogen-bond donors (Lipinski definition) is 0. The van der Waals surface area contributed by atoms with E-state index in [1.54, 1.807) is 0 Å². The number of fused-ring (bicyclic) bond motifs is 1. The fourth-order valence-corrected chi connectivity index (χ4v) is 2.15. The van der Waals surface area contributed by atoms with Gasteiger partial charge in [-0.15, -0.1) is 0 Å². The molecule has 1 heterocycles. The zero-order valence-electron chi connectivity index (χ0n) is 10.3. The monoisotopic (exact) mass is 323 g/mol. The van der Waals surface area contributed by atoms with Gasteiger partial charge in [0.1, 0.15) is 0 Å². The van der Waals surface area contributed by atoms with Crippen molar-refractivity contribution in [2.45, 2.75) is 6.54 Å². The molecule has 1 aromatic carbocycles. The molecule has 0 atom stereocenters. The first-order valence-corrected chi connectivity index (χ1v) is 6.08. The second-order valence-corrected chi connectivity index (χ2v) is 4.48. The van der Waals surface area contributed by atoms with Gasteiger partial charge in [0, 0.05) is 9.38 Å². The Balaban J connectivity index is 2.71. The van der Waals surface area contributed by atoms with Crippen LogP contribution in [0.3, 0.4) is 0 Å². The topological polar surface area (TPSA) is 93.0 Å². The third-order valence-corrected chi connectivity index (χ3v) is 2.90. The molecule has 2 rings (SSSR count). The van der Waals surface area contributed by atoms with E-state index in [2.05, 4.69) is 35.9 Å². The van der Waals surface area contributed by atoms with Gasteiger partial charge in [-0.25, -0.2) is 9.97 Å². The maximum atomic E-state index is 8.42. The third-order valence-electron chi connectivity index (χ3n) is 2.44. The minimum absolute atomic E-state index is 0.191. The molecule has 0 spiro atoms. The number of halogens is 1. The highest BCUT2D eigenvalue weighted by molar-refractivity contribution is 9.10. The number of rotatable bonds is 4. The molecule has 0 saturated heterocycles. The number of aromatic nitrogens is 2. The molecule has 0 saturated carbocycles. The molecule has 0 aliphatic carbocycles. The highest BCUT2D eigenvalue weighted by Crippen LogP contribution is 2.29. The Bertz CT molecular complexity index is 670. The van der Waals surface area contributed by atoms with Gasteiger partial charge >= 0.3 is 0 Å². The molecule has 2 aromatic rings. The Morgan fingerprint density at radius 2 is 1.95 bits per heavy atom. The lowest BCUT2D eigenvalue weighted by Gasteiger charge is -2.09. The summed E-state index contributed by atoms with van der Waals surface area (Å²) >= 11 is 3.38. The van der Waals surface area contributed by atoms with Crippen molar-refractivity contribution in [3.63, 3.8) is 0 Å². The van der Waals surface area contributed by atoms with E-state index < -0.39 is 0 Å². The molecular formula is C11H10BrN5O2. The summed E-state index contributed by atoms with van der Waals surface area (Å²) < 4.78 is 11.1. The van der Waals surface area contributed by atoms with Crippen molar-refractivity contribution in [3.05, 3.63) is 32.6 Å². The van der Waals surface area contributed by atoms with Crippen molar-refractivity contribution < 1.29 is 9.47 Å². The van der Waals surface area contributed by atoms with Gasteiger partial charge in [-0.1, -0.05) is 21.0 Å². The van der Waals surface area contributed by atoms with Crippen molar-refractivity contribution >= 4 is 27.0 Å². The molecule has 0 fully saturated rings. The molecule has 8 heteroatoms. The Labute approximate surface area is 117 Å². The van der Waals surface area contributed by atoms with Crippen molar-refractivity contribution in [2.24, 2.45) is 5.11 Å². The molecule has 0 unspecified atom stereocenters. The maximum absolute atomic E-state index is 8.42. The Hall–Kier alpha value is -2.05. The number of nitrogens with zero attached hydrogens (tertiary/aromatic N) is 5. The smallest absolute Gasteiger partial charge is 0.278 e. The van der Waals surface area contributed by atoms with Crippen LogP contribution in [0, 0.1) is 0 Å². The van der Waals surface area contributed by atoms with Gasteiger partial charge in [0.15, 0.2) is 0 Å². The van der Waals surface area contributed by atoms with E-state index in [0.717, 1.165) is 10.0 Å². The van der Waals surface area contributed by atoms with Crippen LogP contribution in [0.5, 0.6) is 11.8 Å². The van der Waals surface area contributed by atoms with Gasteiger partial charge in [0.2, 0.25) is 0 Å². The van der Waals surface area contributed by atoms with Gasteiger partial charge in [0.25, 0.3) is 11.8 Å². The summed E-state index contributed by atoms with van der Waals surface area (Å²) in [5, 5.41) is 3.55. The van der Waals surface area contributed by atoms with Crippen LogP contribution in [0.2, 0.25) is 0 Å². The summed E-state index contributed by atoms with van der Waals surface area (Å²) in [6.07, 6.45) is 0. The van der Waals surface area contributed by atoms with E-state index in [1.807, 2.05) is 12.1 Å². The molecule has 0 aliphatic heterocycles. The second-order valence-electron chi connectivity index (χ2n) is 3.56. The quantitative estimate of drug-likeness (QED) is 0.490. The lowest BCUT2D eigenvalue weighted by atomic mass is 10.2. The van der Waals surface area contributed by atoms with E-state index in [9.17, 15) is 0 Å². The van der Waals surface area contributed by atoms with Crippen LogP contribution in [-0.4, -0.2) is 24.2 Å². The summed E-state index contributed by atoms with van der Waals surface area (Å²) in [6.45, 7) is 0.191. The molecule has 1 aromatic heterocycles. The maximum Gasteiger partial charge on any atom is 0.278 e. The molecule has 19 heavy (non-hydrogen) atoms. The largest absolute Gasteiger partial charge is 0.477 e. The summed E-state index contributed by atoms with van der Waals surface area (Å²) in [6, 6.07) is 3.64. The van der Waals surface area contributed by atoms with Crippen LogP contribution in [0.25, 0.3) is 21.5 Å². The highest BCUT2D eigenvalue weighted by atomic mass is 79.9. The van der Waals surface area contributed by atoms with Crippen LogP contribution < -0.4 is 9.47 Å². The minimum Gasteiger partial charge on any atom is -0.477 e. The number of ether oxygens (including phenoxy) is 2. The fourth-order valence-electron chi connectivity index (χ4n) is 1.66. The van der Waals surface area contributed by atoms with Crippen LogP contribution in [0.1, 0.15) is 5.56 Å². The summed E-state index contributed by atoms with van der Waals surface area (Å²) in [5.74, 6) is 0.599. The standard InChI is InChI=1S/C11H10BrN5O2/c1-18-10-11(19-2)16-9-6(5-14-17-13)3-7(12)4-8(9)15-10/h3-4H,5H2,1-2H3. The fraction of sp³-hybridized carbons (Fsp3) is 0.273. The number of benzene rings is 1. The second kappa shape index (κ2) is 5.73. The summed E-state index contributed by atoms with van der Waals surface area (Å²) in [4.78, 5) is 11.4. The summed E-state index contributed by atoms with van der Waals surface area (Å²) in [7, 11) is 2.99. The Kier molecular flexibility index (Phi) is 4.03. The van der Waals surface area contributed by atoms with Crippen molar-refractivity contribution in [1.82, 2.24) is 9.97 Å². The lowest BCUT2D eigenvalue weighted by molar-refractivity contribution is 0.334. The molecule has 0 radical (unpaired) electrons. The average Bonchev–Trinajstić information content (AvgIpc) is 2.43. The summed E-state index contributed by atoms with van der Waals surface area (Å²) in [5.41, 5.74) is 10.4. The van der Waals surface area contributed by atoms with E-state index in [0.29, 0.717) is 22.8 Å². The Morgan fingerprint density at radius 3 is 2.58 bits per heavy atom. The zero-order valence-corrected chi connectivity index (χ0v) is 11.9. The van der Waals surface area contributed by atoms with E-state index in [-0.39, 0.29) is 6.54 Å². The number of methoxy groups -OCH3 is 2. The molecule has 0 N–H and O–H groups in total. The molecular weight excluding hydrogens is 314 g/mol. The number of azide groups is 1. The first-order chi connectivity index (χ1) is 9.19. The molecule has 0 amide bonds. The van der Waals surface area contributed by atoms with E-state index in [1.165, 1.54) is 14.2 Å². The predicted molar refractivity (Wildman–Crippen MR) is 73.2 cm³/mol. The van der Waals surface area contributed by atoms with Crippen molar-refractivity contribution in [2.75, 3.05) is 14.2 Å². The van der Waals surface area contributed by atoms with Gasteiger partial charge in [0.05, 0.1) is 31.8 Å². The number of hydrogen-bond acceptors (Lipinski definition) is 5. The Morgan fingerprint density at radius 1 is 1.26 bits per heavy atom. The third kappa shape index (κ3) is 2.69. The molecule has 7 nitrogen and oxygen atoms in total. The van der Waals surface area contributed by atoms with Crippen LogP contribution in [0.4, 0.5) is 0 Å². The molecule has 0 aliphatic rings. The van der Waals surface area contributed by atoms with E-state index >= 15 is 0 Å². The first kappa shape index (κ1) is 13.4. The van der Waals surface area contributed by atoms with Gasteiger partial charge in [-0.2, -0.15) is 0 Å². The van der Waals surface area contributed by atoms with E-state index in [4.69, 9.17) is 15.0 Å². The van der Waals surface area contributed by atoms with Crippen LogP contribution in [-0.2, 0) is 6.54 Å². The van der Waals surface area contributed by atoms with Crippen LogP contribution >= 0.6 is 15.9 Å². The molecule has 0 bridgehead atoms.